The number of carbonyl (C=O) groups is 1. The number of halogens is 1. The lowest BCUT2D eigenvalue weighted by Crippen LogP contribution is -2.10. The van der Waals surface area contributed by atoms with Gasteiger partial charge in [-0.1, -0.05) is 18.3 Å². The maximum atomic E-state index is 12.8. The third-order valence-electron chi connectivity index (χ3n) is 3.07. The fraction of sp³-hybridized carbons (Fsp3) is 0.188. The van der Waals surface area contributed by atoms with E-state index in [9.17, 15) is 9.18 Å². The van der Waals surface area contributed by atoms with Crippen molar-refractivity contribution < 1.29 is 18.3 Å². The maximum absolute atomic E-state index is 12.8. The van der Waals surface area contributed by atoms with Crippen molar-refractivity contribution >= 4 is 22.4 Å². The third-order valence-corrected chi connectivity index (χ3v) is 4.05. The van der Waals surface area contributed by atoms with Gasteiger partial charge in [0.2, 0.25) is 5.13 Å². The largest absolute Gasteiger partial charge is 0.486 e. The Morgan fingerprint density at radius 2 is 2.04 bits per heavy atom. The summed E-state index contributed by atoms with van der Waals surface area (Å²) in [5.74, 6) is 0.417. The number of carbonyl (C=O) groups excluding carboxylic acids is 1. The van der Waals surface area contributed by atoms with Crippen LogP contribution in [0.25, 0.3) is 0 Å². The van der Waals surface area contributed by atoms with Gasteiger partial charge < -0.3 is 9.15 Å². The average Bonchev–Trinajstić information content (AvgIpc) is 3.23. The number of benzene rings is 1. The van der Waals surface area contributed by atoms with Crippen molar-refractivity contribution in [2.24, 2.45) is 0 Å². The zero-order chi connectivity index (χ0) is 16.9. The Kier molecular flexibility index (Phi) is 4.85. The molecule has 3 aromatic rings. The molecule has 6 nitrogen and oxygen atoms in total. The first-order valence-corrected chi connectivity index (χ1v) is 8.06. The van der Waals surface area contributed by atoms with Crippen molar-refractivity contribution in [3.63, 3.8) is 0 Å². The number of nitrogens with zero attached hydrogens (tertiary/aromatic N) is 2. The van der Waals surface area contributed by atoms with Gasteiger partial charge in [0.15, 0.2) is 5.76 Å². The molecule has 0 atom stereocenters. The molecule has 1 amide bonds. The number of furan rings is 1. The molecule has 0 bridgehead atoms. The number of hydrogen-bond acceptors (Lipinski definition) is 6. The Morgan fingerprint density at radius 1 is 1.25 bits per heavy atom. The van der Waals surface area contributed by atoms with Gasteiger partial charge in [0.25, 0.3) is 5.91 Å². The van der Waals surface area contributed by atoms with Crippen LogP contribution in [0.3, 0.4) is 0 Å². The lowest BCUT2D eigenvalue weighted by atomic mass is 10.3. The molecular formula is C16H14FN3O3S. The Hall–Kier alpha value is -2.74. The number of rotatable bonds is 6. The highest BCUT2D eigenvalue weighted by atomic mass is 32.1. The lowest BCUT2D eigenvalue weighted by Gasteiger charge is -2.03. The fourth-order valence-electron chi connectivity index (χ4n) is 1.87. The molecule has 8 heteroatoms. The standard InChI is InChI=1S/C16H14FN3O3S/c1-2-14-19-20-16(24-14)18-15(21)13-8-7-12(23-13)9-22-11-5-3-10(17)4-6-11/h3-8H,2,9H2,1H3,(H,18,20,21). The zero-order valence-electron chi connectivity index (χ0n) is 12.8. The smallest absolute Gasteiger partial charge is 0.293 e. The third kappa shape index (κ3) is 3.96. The normalized spacial score (nSPS) is 10.6. The summed E-state index contributed by atoms with van der Waals surface area (Å²) in [5.41, 5.74) is 0. The number of aromatic nitrogens is 2. The molecule has 1 aromatic carbocycles. The first-order chi connectivity index (χ1) is 11.6. The van der Waals surface area contributed by atoms with Crippen molar-refractivity contribution in [2.75, 3.05) is 5.32 Å². The molecule has 0 aliphatic rings. The topological polar surface area (TPSA) is 77.2 Å². The van der Waals surface area contributed by atoms with Gasteiger partial charge in [-0.15, -0.1) is 10.2 Å². The van der Waals surface area contributed by atoms with Crippen molar-refractivity contribution in [2.45, 2.75) is 20.0 Å². The second-order valence-corrected chi connectivity index (χ2v) is 5.88. The van der Waals surface area contributed by atoms with E-state index in [0.717, 1.165) is 11.4 Å². The van der Waals surface area contributed by atoms with E-state index in [1.165, 1.54) is 35.6 Å². The summed E-state index contributed by atoms with van der Waals surface area (Å²) in [4.78, 5) is 12.1. The van der Waals surface area contributed by atoms with Crippen LogP contribution >= 0.6 is 11.3 Å². The molecule has 0 fully saturated rings. The SMILES string of the molecule is CCc1nnc(NC(=O)c2ccc(COc3ccc(F)cc3)o2)s1. The van der Waals surface area contributed by atoms with Crippen LogP contribution in [-0.4, -0.2) is 16.1 Å². The predicted molar refractivity (Wildman–Crippen MR) is 86.7 cm³/mol. The number of amides is 1. The Labute approximate surface area is 141 Å². The zero-order valence-corrected chi connectivity index (χ0v) is 13.6. The van der Waals surface area contributed by atoms with E-state index in [4.69, 9.17) is 9.15 Å². The van der Waals surface area contributed by atoms with Crippen LogP contribution in [0.4, 0.5) is 9.52 Å². The highest BCUT2D eigenvalue weighted by Crippen LogP contribution is 2.18. The van der Waals surface area contributed by atoms with Gasteiger partial charge in [-0.2, -0.15) is 0 Å². The summed E-state index contributed by atoms with van der Waals surface area (Å²) in [7, 11) is 0. The van der Waals surface area contributed by atoms with E-state index < -0.39 is 5.91 Å². The van der Waals surface area contributed by atoms with Crippen LogP contribution in [0.15, 0.2) is 40.8 Å². The number of anilines is 1. The number of aryl methyl sites for hydroxylation is 1. The number of nitrogens with one attached hydrogen (secondary N) is 1. The average molecular weight is 347 g/mol. The minimum atomic E-state index is -0.401. The highest BCUT2D eigenvalue weighted by Gasteiger charge is 2.14. The molecule has 2 aromatic heterocycles. The van der Waals surface area contributed by atoms with Crippen LogP contribution in [-0.2, 0) is 13.0 Å². The summed E-state index contributed by atoms with van der Waals surface area (Å²) < 4.78 is 23.7. The van der Waals surface area contributed by atoms with Gasteiger partial charge >= 0.3 is 0 Å². The quantitative estimate of drug-likeness (QED) is 0.736. The summed E-state index contributed by atoms with van der Waals surface area (Å²) in [6, 6.07) is 8.86. The van der Waals surface area contributed by atoms with E-state index in [-0.39, 0.29) is 18.2 Å². The summed E-state index contributed by atoms with van der Waals surface area (Å²) in [6.45, 7) is 2.10. The molecular weight excluding hydrogens is 333 g/mol. The molecule has 0 saturated carbocycles. The molecule has 124 valence electrons. The second-order valence-electron chi connectivity index (χ2n) is 4.82. The van der Waals surface area contributed by atoms with Gasteiger partial charge in [-0.25, -0.2) is 4.39 Å². The van der Waals surface area contributed by atoms with Crippen LogP contribution in [0.1, 0.15) is 28.2 Å². The molecule has 0 aliphatic heterocycles. The maximum Gasteiger partial charge on any atom is 0.293 e. The Bertz CT molecular complexity index is 829. The number of ether oxygens (including phenoxy) is 1. The van der Waals surface area contributed by atoms with Crippen LogP contribution in [0.2, 0.25) is 0 Å². The van der Waals surface area contributed by atoms with E-state index in [1.54, 1.807) is 12.1 Å². The molecule has 0 unspecified atom stereocenters. The minimum Gasteiger partial charge on any atom is -0.486 e. The van der Waals surface area contributed by atoms with Gasteiger partial charge in [0, 0.05) is 0 Å². The van der Waals surface area contributed by atoms with E-state index >= 15 is 0 Å². The first kappa shape index (κ1) is 16.1. The van der Waals surface area contributed by atoms with Crippen molar-refractivity contribution in [3.05, 3.63) is 58.7 Å². The molecule has 3 rings (SSSR count). The van der Waals surface area contributed by atoms with E-state index in [2.05, 4.69) is 15.5 Å². The van der Waals surface area contributed by atoms with Gasteiger partial charge in [-0.3, -0.25) is 10.1 Å². The monoisotopic (exact) mass is 347 g/mol. The fourth-order valence-corrected chi connectivity index (χ4v) is 2.54. The molecule has 24 heavy (non-hydrogen) atoms. The van der Waals surface area contributed by atoms with Gasteiger partial charge in [0.05, 0.1) is 0 Å². The molecule has 2 heterocycles. The van der Waals surface area contributed by atoms with E-state index in [1.807, 2.05) is 6.92 Å². The molecule has 0 spiro atoms. The van der Waals surface area contributed by atoms with Crippen molar-refractivity contribution in [1.29, 1.82) is 0 Å². The van der Waals surface area contributed by atoms with Gasteiger partial charge in [0.1, 0.15) is 28.9 Å². The second kappa shape index (κ2) is 7.22. The van der Waals surface area contributed by atoms with Crippen molar-refractivity contribution in [3.8, 4) is 5.75 Å². The summed E-state index contributed by atoms with van der Waals surface area (Å²) in [6.07, 6.45) is 0.763. The summed E-state index contributed by atoms with van der Waals surface area (Å²) >= 11 is 1.32. The molecule has 0 saturated heterocycles. The Morgan fingerprint density at radius 3 is 2.75 bits per heavy atom. The lowest BCUT2D eigenvalue weighted by molar-refractivity contribution is 0.0992. The number of hydrogen-bond donors (Lipinski definition) is 1. The first-order valence-electron chi connectivity index (χ1n) is 7.25. The Balaban J connectivity index is 1.58. The van der Waals surface area contributed by atoms with Gasteiger partial charge in [-0.05, 0) is 42.8 Å². The minimum absolute atomic E-state index is 0.137. The van der Waals surface area contributed by atoms with Crippen LogP contribution in [0, 0.1) is 5.82 Å². The van der Waals surface area contributed by atoms with E-state index in [0.29, 0.717) is 16.6 Å². The van der Waals surface area contributed by atoms with Crippen LogP contribution < -0.4 is 10.1 Å². The predicted octanol–water partition coefficient (Wildman–Crippen LogP) is 3.66. The van der Waals surface area contributed by atoms with Crippen molar-refractivity contribution in [1.82, 2.24) is 10.2 Å². The van der Waals surface area contributed by atoms with Crippen LogP contribution in [0.5, 0.6) is 5.75 Å². The summed E-state index contributed by atoms with van der Waals surface area (Å²) in [5, 5.41) is 11.7. The molecule has 0 aliphatic carbocycles. The molecule has 0 radical (unpaired) electrons. The molecule has 1 N–H and O–H groups in total. The highest BCUT2D eigenvalue weighted by molar-refractivity contribution is 7.15.